The molecule has 1 atom stereocenters. The number of ketones is 1. The van der Waals surface area contributed by atoms with E-state index in [-0.39, 0.29) is 30.2 Å². The molecule has 1 aromatic rings. The van der Waals surface area contributed by atoms with Crippen LogP contribution in [0.15, 0.2) is 0 Å². The van der Waals surface area contributed by atoms with Gasteiger partial charge in [0.2, 0.25) is 5.91 Å². The molecule has 1 fully saturated rings. The zero-order valence-electron chi connectivity index (χ0n) is 16.3. The molecule has 148 valence electrons. The van der Waals surface area contributed by atoms with E-state index in [0.717, 1.165) is 0 Å². The molecule has 1 aliphatic rings. The number of nitrogens with one attached hydrogen (secondary N) is 1. The van der Waals surface area contributed by atoms with Crippen LogP contribution in [-0.4, -0.2) is 69.1 Å². The zero-order chi connectivity index (χ0) is 20.3. The Morgan fingerprint density at radius 2 is 1.81 bits per heavy atom. The zero-order valence-corrected chi connectivity index (χ0v) is 16.3. The minimum absolute atomic E-state index is 0.0815. The van der Waals surface area contributed by atoms with Crippen molar-refractivity contribution in [1.82, 2.24) is 14.8 Å². The fourth-order valence-electron chi connectivity index (χ4n) is 3.89. The smallest absolute Gasteiger partial charge is 0.323 e. The number of H-pyrrole nitrogens is 1. The van der Waals surface area contributed by atoms with Crippen molar-refractivity contribution < 1.29 is 24.3 Å². The number of rotatable bonds is 5. The first-order valence-corrected chi connectivity index (χ1v) is 9.11. The monoisotopic (exact) mass is 377 g/mol. The van der Waals surface area contributed by atoms with Crippen LogP contribution in [0.4, 0.5) is 0 Å². The van der Waals surface area contributed by atoms with Gasteiger partial charge in [-0.1, -0.05) is 0 Å². The molecule has 1 aliphatic heterocycles. The van der Waals surface area contributed by atoms with Crippen LogP contribution in [-0.2, 0) is 9.59 Å². The van der Waals surface area contributed by atoms with Crippen LogP contribution in [0.1, 0.15) is 65.2 Å². The van der Waals surface area contributed by atoms with Crippen LogP contribution in [0, 0.1) is 13.8 Å². The van der Waals surface area contributed by atoms with Gasteiger partial charge in [0, 0.05) is 37.3 Å². The molecule has 0 aliphatic carbocycles. The maximum Gasteiger partial charge on any atom is 0.323 e. The molecular formula is C19H27N3O5. The fourth-order valence-corrected chi connectivity index (χ4v) is 3.89. The van der Waals surface area contributed by atoms with E-state index < -0.39 is 5.97 Å². The van der Waals surface area contributed by atoms with Gasteiger partial charge in [-0.15, -0.1) is 0 Å². The molecule has 0 radical (unpaired) electrons. The van der Waals surface area contributed by atoms with Crippen molar-refractivity contribution >= 4 is 23.6 Å². The molecule has 2 heterocycles. The van der Waals surface area contributed by atoms with Crippen molar-refractivity contribution in [3.63, 3.8) is 0 Å². The average molecular weight is 377 g/mol. The highest BCUT2D eigenvalue weighted by Gasteiger charge is 2.29. The minimum Gasteiger partial charge on any atom is -0.480 e. The summed E-state index contributed by atoms with van der Waals surface area (Å²) in [7, 11) is 0. The molecule has 2 N–H and O–H groups in total. The number of aromatic nitrogens is 1. The SMILES string of the molecule is CC(=O)c1c(C)[nH]c(C(=O)N2CCCC(N(CC(=O)O)C(C)=O)CC2)c1C. The summed E-state index contributed by atoms with van der Waals surface area (Å²) in [5, 5.41) is 9.04. The molecule has 1 aromatic heterocycles. The first-order valence-electron chi connectivity index (χ1n) is 9.11. The van der Waals surface area contributed by atoms with Crippen molar-refractivity contribution in [2.45, 2.75) is 53.0 Å². The number of carbonyl (C=O) groups is 4. The number of nitrogens with zero attached hydrogens (tertiary/aromatic N) is 2. The van der Waals surface area contributed by atoms with E-state index in [1.165, 1.54) is 18.7 Å². The first-order chi connectivity index (χ1) is 12.6. The Labute approximate surface area is 158 Å². The molecule has 2 rings (SSSR count). The molecule has 8 nitrogen and oxygen atoms in total. The summed E-state index contributed by atoms with van der Waals surface area (Å²) in [6.07, 6.45) is 1.85. The second-order valence-corrected chi connectivity index (χ2v) is 7.10. The quantitative estimate of drug-likeness (QED) is 0.760. The molecule has 27 heavy (non-hydrogen) atoms. The van der Waals surface area contributed by atoms with Gasteiger partial charge in [0.25, 0.3) is 5.91 Å². The van der Waals surface area contributed by atoms with E-state index in [0.29, 0.717) is 54.9 Å². The van der Waals surface area contributed by atoms with Crippen LogP contribution in [0.5, 0.6) is 0 Å². The summed E-state index contributed by atoms with van der Waals surface area (Å²) < 4.78 is 0. The number of carboxylic acids is 1. The summed E-state index contributed by atoms with van der Waals surface area (Å²) in [5.74, 6) is -1.57. The van der Waals surface area contributed by atoms with Gasteiger partial charge in [-0.25, -0.2) is 0 Å². The molecule has 0 bridgehead atoms. The van der Waals surface area contributed by atoms with Gasteiger partial charge in [-0.05, 0) is 45.6 Å². The Morgan fingerprint density at radius 1 is 1.15 bits per heavy atom. The van der Waals surface area contributed by atoms with Crippen LogP contribution in [0.25, 0.3) is 0 Å². The first kappa shape index (κ1) is 20.7. The van der Waals surface area contributed by atoms with Gasteiger partial charge in [-0.3, -0.25) is 19.2 Å². The Balaban J connectivity index is 2.15. The third kappa shape index (κ3) is 4.56. The van der Waals surface area contributed by atoms with E-state index in [1.54, 1.807) is 18.7 Å². The Hall–Kier alpha value is -2.64. The Kier molecular flexibility index (Phi) is 6.41. The van der Waals surface area contributed by atoms with Gasteiger partial charge >= 0.3 is 5.97 Å². The van der Waals surface area contributed by atoms with E-state index >= 15 is 0 Å². The van der Waals surface area contributed by atoms with E-state index in [4.69, 9.17) is 5.11 Å². The van der Waals surface area contributed by atoms with Gasteiger partial charge in [0.05, 0.1) is 0 Å². The van der Waals surface area contributed by atoms with Crippen molar-refractivity contribution in [1.29, 1.82) is 0 Å². The number of hydrogen-bond acceptors (Lipinski definition) is 4. The lowest BCUT2D eigenvalue weighted by molar-refractivity contribution is -0.145. The number of amides is 2. The number of carbonyl (C=O) groups excluding carboxylic acids is 3. The second kappa shape index (κ2) is 8.37. The fraction of sp³-hybridized carbons (Fsp3) is 0.579. The second-order valence-electron chi connectivity index (χ2n) is 7.10. The lowest BCUT2D eigenvalue weighted by Gasteiger charge is -2.28. The molecule has 2 amide bonds. The predicted molar refractivity (Wildman–Crippen MR) is 98.8 cm³/mol. The lowest BCUT2D eigenvalue weighted by Crippen LogP contribution is -2.43. The van der Waals surface area contributed by atoms with Crippen molar-refractivity contribution in [2.75, 3.05) is 19.6 Å². The van der Waals surface area contributed by atoms with E-state index in [1.807, 2.05) is 0 Å². The highest BCUT2D eigenvalue weighted by atomic mass is 16.4. The van der Waals surface area contributed by atoms with E-state index in [9.17, 15) is 19.2 Å². The lowest BCUT2D eigenvalue weighted by atomic mass is 10.1. The van der Waals surface area contributed by atoms with Crippen LogP contribution in [0.2, 0.25) is 0 Å². The third-order valence-electron chi connectivity index (χ3n) is 5.14. The molecule has 1 saturated heterocycles. The summed E-state index contributed by atoms with van der Waals surface area (Å²) in [6.45, 7) is 7.01. The summed E-state index contributed by atoms with van der Waals surface area (Å²) in [6, 6.07) is -0.198. The Morgan fingerprint density at radius 3 is 2.33 bits per heavy atom. The van der Waals surface area contributed by atoms with Crippen LogP contribution in [0.3, 0.4) is 0 Å². The molecule has 0 aromatic carbocycles. The van der Waals surface area contributed by atoms with E-state index in [2.05, 4.69) is 4.98 Å². The van der Waals surface area contributed by atoms with Gasteiger partial charge in [-0.2, -0.15) is 0 Å². The topological polar surface area (TPSA) is 111 Å². The summed E-state index contributed by atoms with van der Waals surface area (Å²) in [4.78, 5) is 53.7. The standard InChI is InChI=1S/C19H27N3O5/c1-11-17(13(3)23)12(2)20-18(11)19(27)21-8-5-6-15(7-9-21)22(14(4)24)10-16(25)26/h15,20H,5-10H2,1-4H3,(H,25,26). The van der Waals surface area contributed by atoms with Gasteiger partial charge < -0.3 is 19.9 Å². The highest BCUT2D eigenvalue weighted by Crippen LogP contribution is 2.23. The third-order valence-corrected chi connectivity index (χ3v) is 5.14. The largest absolute Gasteiger partial charge is 0.480 e. The normalized spacial score (nSPS) is 17.3. The molecule has 0 saturated carbocycles. The number of Topliss-reactive ketones (excluding diaryl/α,β-unsaturated/α-hetero) is 1. The number of carboxylic acid groups (broad SMARTS) is 1. The Bertz CT molecular complexity index is 768. The van der Waals surface area contributed by atoms with Crippen LogP contribution >= 0.6 is 0 Å². The summed E-state index contributed by atoms with van der Waals surface area (Å²) >= 11 is 0. The maximum atomic E-state index is 13.0. The van der Waals surface area contributed by atoms with Crippen molar-refractivity contribution in [3.8, 4) is 0 Å². The predicted octanol–water partition coefficient (Wildman–Crippen LogP) is 1.76. The number of aliphatic carboxylic acids is 1. The number of aromatic amines is 1. The highest BCUT2D eigenvalue weighted by molar-refractivity contribution is 6.02. The molecule has 0 spiro atoms. The van der Waals surface area contributed by atoms with Gasteiger partial charge in [0.1, 0.15) is 12.2 Å². The average Bonchev–Trinajstić information content (AvgIpc) is 2.74. The van der Waals surface area contributed by atoms with Crippen molar-refractivity contribution in [2.24, 2.45) is 0 Å². The number of hydrogen-bond donors (Lipinski definition) is 2. The van der Waals surface area contributed by atoms with Crippen LogP contribution < -0.4 is 0 Å². The summed E-state index contributed by atoms with van der Waals surface area (Å²) in [5.41, 5.74) is 2.31. The van der Waals surface area contributed by atoms with Gasteiger partial charge in [0.15, 0.2) is 5.78 Å². The number of likely N-dealkylation sites (tertiary alicyclic amines) is 1. The van der Waals surface area contributed by atoms with Crippen molar-refractivity contribution in [3.05, 3.63) is 22.5 Å². The minimum atomic E-state index is -1.04. The molecule has 8 heteroatoms. The maximum absolute atomic E-state index is 13.0. The molecular weight excluding hydrogens is 350 g/mol. The number of aryl methyl sites for hydroxylation is 1. The molecule has 1 unspecified atom stereocenters.